The maximum atomic E-state index is 11.7. The van der Waals surface area contributed by atoms with Crippen molar-refractivity contribution in [3.05, 3.63) is 47.0 Å². The summed E-state index contributed by atoms with van der Waals surface area (Å²) in [6, 6.07) is 7.94. The molecular formula is C13H16BrNO. The Morgan fingerprint density at radius 1 is 1.50 bits per heavy atom. The van der Waals surface area contributed by atoms with E-state index in [9.17, 15) is 4.79 Å². The maximum Gasteiger partial charge on any atom is 0.222 e. The van der Waals surface area contributed by atoms with Crippen molar-refractivity contribution in [2.24, 2.45) is 0 Å². The molecule has 1 amide bonds. The lowest BCUT2D eigenvalue weighted by molar-refractivity contribution is -0.130. The SMILES string of the molecule is C=CCCC(=O)N(C)Cc1ccccc1Br. The van der Waals surface area contributed by atoms with E-state index < -0.39 is 0 Å². The van der Waals surface area contributed by atoms with E-state index in [2.05, 4.69) is 22.5 Å². The van der Waals surface area contributed by atoms with Crippen molar-refractivity contribution in [2.45, 2.75) is 19.4 Å². The highest BCUT2D eigenvalue weighted by atomic mass is 79.9. The van der Waals surface area contributed by atoms with Crippen molar-refractivity contribution in [1.82, 2.24) is 4.90 Å². The van der Waals surface area contributed by atoms with Gasteiger partial charge < -0.3 is 4.90 Å². The molecule has 0 saturated heterocycles. The first-order valence-electron chi connectivity index (χ1n) is 5.23. The molecule has 0 unspecified atom stereocenters. The van der Waals surface area contributed by atoms with E-state index in [0.29, 0.717) is 13.0 Å². The molecule has 86 valence electrons. The van der Waals surface area contributed by atoms with Gasteiger partial charge in [-0.05, 0) is 18.1 Å². The average Bonchev–Trinajstić information content (AvgIpc) is 2.28. The van der Waals surface area contributed by atoms with Gasteiger partial charge in [0.15, 0.2) is 0 Å². The van der Waals surface area contributed by atoms with Crippen LogP contribution >= 0.6 is 15.9 Å². The van der Waals surface area contributed by atoms with Crippen molar-refractivity contribution in [3.8, 4) is 0 Å². The first-order valence-corrected chi connectivity index (χ1v) is 6.02. The quantitative estimate of drug-likeness (QED) is 0.758. The second-order valence-corrected chi connectivity index (χ2v) is 4.52. The van der Waals surface area contributed by atoms with E-state index in [-0.39, 0.29) is 5.91 Å². The third-order valence-electron chi connectivity index (χ3n) is 2.35. The van der Waals surface area contributed by atoms with Crippen LogP contribution in [0.4, 0.5) is 0 Å². The highest BCUT2D eigenvalue weighted by Crippen LogP contribution is 2.17. The summed E-state index contributed by atoms with van der Waals surface area (Å²) < 4.78 is 1.04. The molecule has 1 aromatic carbocycles. The summed E-state index contributed by atoms with van der Waals surface area (Å²) in [7, 11) is 1.82. The fourth-order valence-electron chi connectivity index (χ4n) is 1.39. The maximum absolute atomic E-state index is 11.7. The molecule has 0 spiro atoms. The van der Waals surface area contributed by atoms with Gasteiger partial charge in [0.1, 0.15) is 0 Å². The normalized spacial score (nSPS) is 9.88. The number of amides is 1. The smallest absolute Gasteiger partial charge is 0.222 e. The molecule has 0 radical (unpaired) electrons. The minimum Gasteiger partial charge on any atom is -0.341 e. The van der Waals surface area contributed by atoms with Gasteiger partial charge >= 0.3 is 0 Å². The Balaban J connectivity index is 2.57. The zero-order valence-electron chi connectivity index (χ0n) is 9.45. The molecule has 0 bridgehead atoms. The largest absolute Gasteiger partial charge is 0.341 e. The molecule has 0 fully saturated rings. The van der Waals surface area contributed by atoms with Crippen molar-refractivity contribution in [3.63, 3.8) is 0 Å². The number of allylic oxidation sites excluding steroid dienone is 1. The molecule has 1 aromatic rings. The Hall–Kier alpha value is -1.09. The third kappa shape index (κ3) is 3.81. The number of nitrogens with zero attached hydrogens (tertiary/aromatic N) is 1. The molecule has 0 aliphatic carbocycles. The fraction of sp³-hybridized carbons (Fsp3) is 0.308. The summed E-state index contributed by atoms with van der Waals surface area (Å²) in [5.41, 5.74) is 1.12. The molecule has 16 heavy (non-hydrogen) atoms. The molecular weight excluding hydrogens is 266 g/mol. The zero-order chi connectivity index (χ0) is 12.0. The van der Waals surface area contributed by atoms with Crippen LogP contribution in [0.25, 0.3) is 0 Å². The molecule has 0 atom stereocenters. The van der Waals surface area contributed by atoms with Gasteiger partial charge in [-0.3, -0.25) is 4.79 Å². The van der Waals surface area contributed by atoms with Gasteiger partial charge in [0.25, 0.3) is 0 Å². The van der Waals surface area contributed by atoms with Crippen molar-refractivity contribution >= 4 is 21.8 Å². The summed E-state index contributed by atoms with van der Waals surface area (Å²) in [6.45, 7) is 4.25. The van der Waals surface area contributed by atoms with E-state index in [1.807, 2.05) is 31.3 Å². The third-order valence-corrected chi connectivity index (χ3v) is 3.13. The van der Waals surface area contributed by atoms with Gasteiger partial charge in [-0.25, -0.2) is 0 Å². The molecule has 3 heteroatoms. The van der Waals surface area contributed by atoms with Gasteiger partial charge in [0.2, 0.25) is 5.91 Å². The summed E-state index contributed by atoms with van der Waals surface area (Å²) in [5, 5.41) is 0. The Bertz CT molecular complexity index is 376. The Kier molecular flexibility index (Phi) is 5.26. The minimum absolute atomic E-state index is 0.149. The second kappa shape index (κ2) is 6.48. The summed E-state index contributed by atoms with van der Waals surface area (Å²) >= 11 is 3.47. The first-order chi connectivity index (χ1) is 7.65. The van der Waals surface area contributed by atoms with Crippen LogP contribution in [0.15, 0.2) is 41.4 Å². The highest BCUT2D eigenvalue weighted by molar-refractivity contribution is 9.10. The van der Waals surface area contributed by atoms with Crippen molar-refractivity contribution in [1.29, 1.82) is 0 Å². The van der Waals surface area contributed by atoms with E-state index >= 15 is 0 Å². The second-order valence-electron chi connectivity index (χ2n) is 3.67. The molecule has 0 heterocycles. The summed E-state index contributed by atoms with van der Waals surface area (Å²) in [5.74, 6) is 0.149. The van der Waals surface area contributed by atoms with Crippen LogP contribution in [-0.2, 0) is 11.3 Å². The number of hydrogen-bond donors (Lipinski definition) is 0. The van der Waals surface area contributed by atoms with Crippen molar-refractivity contribution in [2.75, 3.05) is 7.05 Å². The van der Waals surface area contributed by atoms with E-state index in [4.69, 9.17) is 0 Å². The van der Waals surface area contributed by atoms with Crippen LogP contribution in [0.3, 0.4) is 0 Å². The van der Waals surface area contributed by atoms with Gasteiger partial charge in [-0.2, -0.15) is 0 Å². The van der Waals surface area contributed by atoms with Crippen LogP contribution < -0.4 is 0 Å². The Labute approximate surface area is 105 Å². The van der Waals surface area contributed by atoms with E-state index in [1.165, 1.54) is 0 Å². The number of hydrogen-bond acceptors (Lipinski definition) is 1. The number of benzene rings is 1. The van der Waals surface area contributed by atoms with Crippen LogP contribution in [0.1, 0.15) is 18.4 Å². The molecule has 0 N–H and O–H groups in total. The lowest BCUT2D eigenvalue weighted by Crippen LogP contribution is -2.25. The number of halogens is 1. The molecule has 0 aliphatic heterocycles. The van der Waals surface area contributed by atoms with Crippen LogP contribution in [-0.4, -0.2) is 17.9 Å². The van der Waals surface area contributed by atoms with Gasteiger partial charge in [-0.1, -0.05) is 40.2 Å². The number of carbonyl (C=O) groups excluding carboxylic acids is 1. The fourth-order valence-corrected chi connectivity index (χ4v) is 1.80. The Morgan fingerprint density at radius 3 is 2.81 bits per heavy atom. The molecule has 0 aliphatic rings. The summed E-state index contributed by atoms with van der Waals surface area (Å²) in [6.07, 6.45) is 3.04. The topological polar surface area (TPSA) is 20.3 Å². The average molecular weight is 282 g/mol. The van der Waals surface area contributed by atoms with Crippen LogP contribution in [0.2, 0.25) is 0 Å². The van der Waals surface area contributed by atoms with Crippen molar-refractivity contribution < 1.29 is 4.79 Å². The predicted octanol–water partition coefficient (Wildman–Crippen LogP) is 3.37. The van der Waals surface area contributed by atoms with Gasteiger partial charge in [0, 0.05) is 24.5 Å². The lowest BCUT2D eigenvalue weighted by Gasteiger charge is -2.17. The van der Waals surface area contributed by atoms with Crippen LogP contribution in [0, 0.1) is 0 Å². The highest BCUT2D eigenvalue weighted by Gasteiger charge is 2.09. The molecule has 2 nitrogen and oxygen atoms in total. The summed E-state index contributed by atoms with van der Waals surface area (Å²) in [4.78, 5) is 13.4. The monoisotopic (exact) mass is 281 g/mol. The standard InChI is InChI=1S/C13H16BrNO/c1-3-4-9-13(16)15(2)10-11-7-5-6-8-12(11)14/h3,5-8H,1,4,9-10H2,2H3. The minimum atomic E-state index is 0.149. The molecule has 0 saturated carbocycles. The number of rotatable bonds is 5. The lowest BCUT2D eigenvalue weighted by atomic mass is 10.2. The predicted molar refractivity (Wildman–Crippen MR) is 70.0 cm³/mol. The van der Waals surface area contributed by atoms with Gasteiger partial charge in [0.05, 0.1) is 0 Å². The Morgan fingerprint density at radius 2 is 2.19 bits per heavy atom. The number of carbonyl (C=O) groups is 1. The van der Waals surface area contributed by atoms with Crippen LogP contribution in [0.5, 0.6) is 0 Å². The molecule has 0 aromatic heterocycles. The van der Waals surface area contributed by atoms with Gasteiger partial charge in [-0.15, -0.1) is 6.58 Å². The first kappa shape index (κ1) is 13.0. The van der Waals surface area contributed by atoms with E-state index in [1.54, 1.807) is 11.0 Å². The molecule has 1 rings (SSSR count). The zero-order valence-corrected chi connectivity index (χ0v) is 11.0. The van der Waals surface area contributed by atoms with E-state index in [0.717, 1.165) is 16.5 Å².